The summed E-state index contributed by atoms with van der Waals surface area (Å²) in [5.41, 5.74) is 6.51. The first kappa shape index (κ1) is 12.5. The number of thiazole rings is 1. The Hall–Kier alpha value is -1.95. The number of hydrogen-bond donors (Lipinski definition) is 2. The number of nitrogen functional groups attached to an aromatic ring is 1. The van der Waals surface area contributed by atoms with Crippen molar-refractivity contribution in [1.29, 1.82) is 0 Å². The maximum Gasteiger partial charge on any atom is 0.260 e. The maximum atomic E-state index is 13.5. The second kappa shape index (κ2) is 4.73. The SMILES string of the molecule is Cc1nc(NC(=O)c2ccc(N)cc2F)sc1C. The third kappa shape index (κ3) is 2.48. The summed E-state index contributed by atoms with van der Waals surface area (Å²) >= 11 is 1.36. The number of halogens is 1. The van der Waals surface area contributed by atoms with Gasteiger partial charge in [-0.05, 0) is 32.0 Å². The van der Waals surface area contributed by atoms with E-state index in [4.69, 9.17) is 5.73 Å². The molecule has 0 atom stereocenters. The van der Waals surface area contributed by atoms with E-state index in [1.54, 1.807) is 0 Å². The maximum absolute atomic E-state index is 13.5. The summed E-state index contributed by atoms with van der Waals surface area (Å²) in [6.07, 6.45) is 0. The Bertz CT molecular complexity index is 590. The van der Waals surface area contributed by atoms with Gasteiger partial charge in [-0.15, -0.1) is 11.3 Å². The first-order chi connectivity index (χ1) is 8.47. The van der Waals surface area contributed by atoms with Gasteiger partial charge in [-0.25, -0.2) is 9.37 Å². The molecule has 1 aromatic carbocycles. The first-order valence-corrected chi connectivity index (χ1v) is 6.09. The topological polar surface area (TPSA) is 68.0 Å². The lowest BCUT2D eigenvalue weighted by Crippen LogP contribution is -2.13. The van der Waals surface area contributed by atoms with E-state index < -0.39 is 11.7 Å². The van der Waals surface area contributed by atoms with E-state index in [2.05, 4.69) is 10.3 Å². The minimum atomic E-state index is -0.641. The number of anilines is 2. The molecule has 0 saturated heterocycles. The summed E-state index contributed by atoms with van der Waals surface area (Å²) in [6, 6.07) is 3.96. The number of nitrogens with two attached hydrogens (primary N) is 1. The highest BCUT2D eigenvalue weighted by molar-refractivity contribution is 7.15. The predicted molar refractivity (Wildman–Crippen MR) is 70.4 cm³/mol. The molecule has 0 bridgehead atoms. The van der Waals surface area contributed by atoms with Crippen LogP contribution in [-0.2, 0) is 0 Å². The molecule has 0 aliphatic carbocycles. The van der Waals surface area contributed by atoms with Gasteiger partial charge in [-0.1, -0.05) is 0 Å². The predicted octanol–water partition coefficient (Wildman–Crippen LogP) is 2.73. The largest absolute Gasteiger partial charge is 0.399 e. The number of rotatable bonds is 2. The van der Waals surface area contributed by atoms with Crippen LogP contribution in [0.2, 0.25) is 0 Å². The van der Waals surface area contributed by atoms with Crippen LogP contribution in [0.15, 0.2) is 18.2 Å². The second-order valence-electron chi connectivity index (χ2n) is 3.85. The van der Waals surface area contributed by atoms with Crippen molar-refractivity contribution in [3.05, 3.63) is 40.2 Å². The fraction of sp³-hybridized carbons (Fsp3) is 0.167. The number of benzene rings is 1. The Morgan fingerprint density at radius 2 is 2.17 bits per heavy atom. The quantitative estimate of drug-likeness (QED) is 0.820. The lowest BCUT2D eigenvalue weighted by atomic mass is 10.2. The molecule has 2 aromatic rings. The number of aromatic nitrogens is 1. The van der Waals surface area contributed by atoms with Gasteiger partial charge in [0.2, 0.25) is 0 Å². The summed E-state index contributed by atoms with van der Waals surface area (Å²) < 4.78 is 13.5. The van der Waals surface area contributed by atoms with Crippen LogP contribution < -0.4 is 11.1 Å². The van der Waals surface area contributed by atoms with Crippen LogP contribution in [0.5, 0.6) is 0 Å². The van der Waals surface area contributed by atoms with Gasteiger partial charge in [0, 0.05) is 10.6 Å². The van der Waals surface area contributed by atoms with Gasteiger partial charge in [-0.3, -0.25) is 10.1 Å². The number of amides is 1. The zero-order chi connectivity index (χ0) is 13.3. The van der Waals surface area contributed by atoms with Gasteiger partial charge in [0.15, 0.2) is 5.13 Å². The average molecular weight is 265 g/mol. The molecule has 3 N–H and O–H groups in total. The van der Waals surface area contributed by atoms with Gasteiger partial charge < -0.3 is 5.73 Å². The number of hydrogen-bond acceptors (Lipinski definition) is 4. The molecule has 0 fully saturated rings. The van der Waals surface area contributed by atoms with Crippen LogP contribution in [0, 0.1) is 19.7 Å². The molecule has 0 spiro atoms. The van der Waals surface area contributed by atoms with E-state index in [1.165, 1.54) is 23.5 Å². The molecule has 1 heterocycles. The molecular formula is C12H12FN3OS. The van der Waals surface area contributed by atoms with E-state index in [0.717, 1.165) is 16.6 Å². The third-order valence-corrected chi connectivity index (χ3v) is 3.48. The standard InChI is InChI=1S/C12H12FN3OS/c1-6-7(2)18-12(15-6)16-11(17)9-4-3-8(14)5-10(9)13/h3-5H,14H2,1-2H3,(H,15,16,17). The summed E-state index contributed by atoms with van der Waals surface area (Å²) in [5.74, 6) is -1.17. The van der Waals surface area contributed by atoms with E-state index in [9.17, 15) is 9.18 Å². The molecule has 1 amide bonds. The fourth-order valence-electron chi connectivity index (χ4n) is 1.41. The normalized spacial score (nSPS) is 10.4. The highest BCUT2D eigenvalue weighted by atomic mass is 32.1. The van der Waals surface area contributed by atoms with Crippen LogP contribution in [0.4, 0.5) is 15.2 Å². The van der Waals surface area contributed by atoms with Gasteiger partial charge in [0.25, 0.3) is 5.91 Å². The minimum Gasteiger partial charge on any atom is -0.399 e. The molecule has 18 heavy (non-hydrogen) atoms. The van der Waals surface area contributed by atoms with Crippen molar-refractivity contribution < 1.29 is 9.18 Å². The van der Waals surface area contributed by atoms with Crippen molar-refractivity contribution >= 4 is 28.1 Å². The molecule has 0 radical (unpaired) electrons. The Morgan fingerprint density at radius 1 is 1.44 bits per heavy atom. The first-order valence-electron chi connectivity index (χ1n) is 5.28. The van der Waals surface area contributed by atoms with Gasteiger partial charge in [0.05, 0.1) is 11.3 Å². The number of nitrogens with one attached hydrogen (secondary N) is 1. The van der Waals surface area contributed by atoms with E-state index in [0.29, 0.717) is 5.13 Å². The zero-order valence-electron chi connectivity index (χ0n) is 9.95. The summed E-state index contributed by atoms with van der Waals surface area (Å²) in [6.45, 7) is 3.76. The number of carbonyl (C=O) groups is 1. The van der Waals surface area contributed by atoms with Crippen LogP contribution >= 0.6 is 11.3 Å². The number of carbonyl (C=O) groups excluding carboxylic acids is 1. The number of nitrogens with zero attached hydrogens (tertiary/aromatic N) is 1. The fourth-order valence-corrected chi connectivity index (χ4v) is 2.22. The summed E-state index contributed by atoms with van der Waals surface area (Å²) in [5, 5.41) is 3.03. The van der Waals surface area contributed by atoms with Crippen molar-refractivity contribution in [2.75, 3.05) is 11.1 Å². The van der Waals surface area contributed by atoms with Crippen molar-refractivity contribution in [3.63, 3.8) is 0 Å². The van der Waals surface area contributed by atoms with Crippen LogP contribution in [0.1, 0.15) is 20.9 Å². The molecule has 2 rings (SSSR count). The van der Waals surface area contributed by atoms with Crippen molar-refractivity contribution in [3.8, 4) is 0 Å². The molecule has 0 unspecified atom stereocenters. The van der Waals surface area contributed by atoms with E-state index >= 15 is 0 Å². The van der Waals surface area contributed by atoms with Crippen LogP contribution in [-0.4, -0.2) is 10.9 Å². The van der Waals surface area contributed by atoms with Crippen LogP contribution in [0.3, 0.4) is 0 Å². The highest BCUT2D eigenvalue weighted by Gasteiger charge is 2.14. The average Bonchev–Trinajstić information content (AvgIpc) is 2.57. The number of aryl methyl sites for hydroxylation is 2. The van der Waals surface area contributed by atoms with Gasteiger partial charge in [-0.2, -0.15) is 0 Å². The summed E-state index contributed by atoms with van der Waals surface area (Å²) in [7, 11) is 0. The van der Waals surface area contributed by atoms with E-state index in [-0.39, 0.29) is 11.3 Å². The molecule has 1 aromatic heterocycles. The molecule has 94 valence electrons. The lowest BCUT2D eigenvalue weighted by Gasteiger charge is -2.03. The molecule has 6 heteroatoms. The Balaban J connectivity index is 2.22. The molecular weight excluding hydrogens is 253 g/mol. The Kier molecular flexibility index (Phi) is 3.29. The third-order valence-electron chi connectivity index (χ3n) is 2.49. The Labute approximate surface area is 108 Å². The molecule has 0 aliphatic heterocycles. The molecule has 4 nitrogen and oxygen atoms in total. The Morgan fingerprint density at radius 3 is 2.72 bits per heavy atom. The molecule has 0 saturated carbocycles. The summed E-state index contributed by atoms with van der Waals surface area (Å²) in [4.78, 5) is 17.0. The highest BCUT2D eigenvalue weighted by Crippen LogP contribution is 2.22. The van der Waals surface area contributed by atoms with Crippen molar-refractivity contribution in [2.45, 2.75) is 13.8 Å². The van der Waals surface area contributed by atoms with Gasteiger partial charge in [0.1, 0.15) is 5.82 Å². The van der Waals surface area contributed by atoms with Gasteiger partial charge >= 0.3 is 0 Å². The lowest BCUT2D eigenvalue weighted by molar-refractivity contribution is 0.102. The van der Waals surface area contributed by atoms with Crippen LogP contribution in [0.25, 0.3) is 0 Å². The molecule has 0 aliphatic rings. The zero-order valence-corrected chi connectivity index (χ0v) is 10.8. The van der Waals surface area contributed by atoms with E-state index in [1.807, 2.05) is 13.8 Å². The van der Waals surface area contributed by atoms with Crippen molar-refractivity contribution in [2.24, 2.45) is 0 Å². The smallest absolute Gasteiger partial charge is 0.260 e. The monoisotopic (exact) mass is 265 g/mol. The van der Waals surface area contributed by atoms with Crippen molar-refractivity contribution in [1.82, 2.24) is 4.98 Å². The second-order valence-corrected chi connectivity index (χ2v) is 5.06. The minimum absolute atomic E-state index is 0.0466.